The summed E-state index contributed by atoms with van der Waals surface area (Å²) in [7, 11) is 0. The van der Waals surface area contributed by atoms with Crippen molar-refractivity contribution in [3.63, 3.8) is 0 Å². The Morgan fingerprint density at radius 2 is 1.50 bits per heavy atom. The van der Waals surface area contributed by atoms with Crippen molar-refractivity contribution in [2.45, 2.75) is 53.9 Å². The molecule has 0 bridgehead atoms. The molecule has 3 aliphatic rings. The molecule has 5 rings (SSSR count). The van der Waals surface area contributed by atoms with Gasteiger partial charge >= 0.3 is 0 Å². The van der Waals surface area contributed by atoms with E-state index in [1.54, 1.807) is 22.3 Å². The molecule has 0 atom stereocenters. The van der Waals surface area contributed by atoms with Gasteiger partial charge < -0.3 is 0 Å². The molecule has 0 unspecified atom stereocenters. The molecular formula is C28H30. The Morgan fingerprint density at radius 1 is 0.786 bits per heavy atom. The minimum absolute atomic E-state index is 0.111. The minimum Gasteiger partial charge on any atom is -0.0750 e. The van der Waals surface area contributed by atoms with Gasteiger partial charge in [0.2, 0.25) is 0 Å². The zero-order valence-electron chi connectivity index (χ0n) is 17.8. The Balaban J connectivity index is 1.76. The van der Waals surface area contributed by atoms with Crippen LogP contribution in [0.3, 0.4) is 0 Å². The first-order chi connectivity index (χ1) is 13.2. The van der Waals surface area contributed by atoms with Gasteiger partial charge in [-0.2, -0.15) is 0 Å². The molecule has 0 amide bonds. The van der Waals surface area contributed by atoms with Crippen molar-refractivity contribution in [2.75, 3.05) is 0 Å². The summed E-state index contributed by atoms with van der Waals surface area (Å²) < 4.78 is 0. The SMILES string of the molecule is Cc1ccc(-c2ccc3c(c2)=C2CC4=CC(C)(C)CCC4=C2C(C)(C)C=3)cc1. The summed E-state index contributed by atoms with van der Waals surface area (Å²) in [4.78, 5) is 0. The van der Waals surface area contributed by atoms with Gasteiger partial charge in [0.1, 0.15) is 0 Å². The van der Waals surface area contributed by atoms with Gasteiger partial charge in [0.25, 0.3) is 0 Å². The van der Waals surface area contributed by atoms with E-state index in [1.165, 1.54) is 40.0 Å². The van der Waals surface area contributed by atoms with Crippen LogP contribution in [0.15, 0.2) is 65.3 Å². The van der Waals surface area contributed by atoms with Crippen LogP contribution in [-0.2, 0) is 0 Å². The van der Waals surface area contributed by atoms with Crippen molar-refractivity contribution in [3.05, 3.63) is 81.3 Å². The van der Waals surface area contributed by atoms with E-state index in [0.717, 1.165) is 6.42 Å². The Hall–Kier alpha value is -2.34. The van der Waals surface area contributed by atoms with Crippen molar-refractivity contribution in [3.8, 4) is 11.1 Å². The maximum Gasteiger partial charge on any atom is 0.00903 e. The van der Waals surface area contributed by atoms with Crippen molar-refractivity contribution < 1.29 is 0 Å². The first-order valence-electron chi connectivity index (χ1n) is 10.6. The highest BCUT2D eigenvalue weighted by molar-refractivity contribution is 5.83. The van der Waals surface area contributed by atoms with Gasteiger partial charge in [0.05, 0.1) is 0 Å². The number of fused-ring (bicyclic) bond motifs is 3. The van der Waals surface area contributed by atoms with E-state index in [0.29, 0.717) is 5.41 Å². The van der Waals surface area contributed by atoms with Crippen LogP contribution in [0.5, 0.6) is 0 Å². The molecule has 0 aliphatic heterocycles. The molecule has 0 heterocycles. The molecule has 0 nitrogen and oxygen atoms in total. The number of rotatable bonds is 1. The molecule has 2 aromatic rings. The maximum atomic E-state index is 2.56. The number of benzene rings is 2. The fraction of sp³-hybridized carbons (Fsp3) is 0.357. The first-order valence-corrected chi connectivity index (χ1v) is 10.6. The van der Waals surface area contributed by atoms with Gasteiger partial charge in [-0.15, -0.1) is 0 Å². The van der Waals surface area contributed by atoms with E-state index in [9.17, 15) is 0 Å². The highest BCUT2D eigenvalue weighted by Gasteiger charge is 2.38. The number of hydrogen-bond donors (Lipinski definition) is 0. The highest BCUT2D eigenvalue weighted by Crippen LogP contribution is 2.52. The minimum atomic E-state index is 0.111. The second kappa shape index (κ2) is 5.83. The van der Waals surface area contributed by atoms with Gasteiger partial charge in [-0.25, -0.2) is 0 Å². The van der Waals surface area contributed by atoms with E-state index in [1.807, 2.05) is 0 Å². The van der Waals surface area contributed by atoms with Crippen LogP contribution in [0.2, 0.25) is 0 Å². The molecule has 0 saturated heterocycles. The van der Waals surface area contributed by atoms with Gasteiger partial charge in [-0.05, 0) is 81.5 Å². The van der Waals surface area contributed by atoms with Crippen molar-refractivity contribution in [1.82, 2.24) is 0 Å². The quantitative estimate of drug-likeness (QED) is 0.574. The normalized spacial score (nSPS) is 21.5. The Morgan fingerprint density at radius 3 is 2.25 bits per heavy atom. The highest BCUT2D eigenvalue weighted by atomic mass is 14.4. The van der Waals surface area contributed by atoms with E-state index >= 15 is 0 Å². The molecule has 0 saturated carbocycles. The maximum absolute atomic E-state index is 2.56. The Labute approximate surface area is 169 Å². The largest absolute Gasteiger partial charge is 0.0750 e. The summed E-state index contributed by atoms with van der Waals surface area (Å²) in [6.07, 6.45) is 8.64. The summed E-state index contributed by atoms with van der Waals surface area (Å²) in [5.41, 5.74) is 10.8. The molecular weight excluding hydrogens is 336 g/mol. The summed E-state index contributed by atoms with van der Waals surface area (Å²) in [5.74, 6) is 0. The predicted octanol–water partition coefficient (Wildman–Crippen LogP) is 6.08. The third kappa shape index (κ3) is 2.73. The summed E-state index contributed by atoms with van der Waals surface area (Å²) >= 11 is 0. The second-order valence-corrected chi connectivity index (χ2v) is 10.2. The lowest BCUT2D eigenvalue weighted by molar-refractivity contribution is 0.420. The summed E-state index contributed by atoms with van der Waals surface area (Å²) in [6, 6.07) is 16.0. The second-order valence-electron chi connectivity index (χ2n) is 10.2. The molecule has 0 radical (unpaired) electrons. The number of aryl methyl sites for hydroxylation is 1. The van der Waals surface area contributed by atoms with Crippen LogP contribution in [-0.4, -0.2) is 0 Å². The average molecular weight is 367 g/mol. The van der Waals surface area contributed by atoms with Crippen LogP contribution in [0.1, 0.15) is 52.5 Å². The molecule has 0 N–H and O–H groups in total. The van der Waals surface area contributed by atoms with Gasteiger partial charge in [0, 0.05) is 5.41 Å². The predicted molar refractivity (Wildman–Crippen MR) is 120 cm³/mol. The molecule has 142 valence electrons. The van der Waals surface area contributed by atoms with E-state index in [2.05, 4.69) is 89.2 Å². The average Bonchev–Trinajstić information content (AvgIpc) is 3.00. The lowest BCUT2D eigenvalue weighted by Crippen LogP contribution is -2.35. The molecule has 2 aromatic carbocycles. The van der Waals surface area contributed by atoms with Crippen LogP contribution in [0.4, 0.5) is 0 Å². The van der Waals surface area contributed by atoms with Gasteiger partial charge in [-0.1, -0.05) is 81.8 Å². The fourth-order valence-corrected chi connectivity index (χ4v) is 5.48. The first kappa shape index (κ1) is 17.7. The van der Waals surface area contributed by atoms with Crippen LogP contribution in [0.25, 0.3) is 22.8 Å². The van der Waals surface area contributed by atoms with Crippen LogP contribution >= 0.6 is 0 Å². The topological polar surface area (TPSA) is 0 Å². The summed E-state index contributed by atoms with van der Waals surface area (Å²) in [6.45, 7) is 11.7. The van der Waals surface area contributed by atoms with Gasteiger partial charge in [0.15, 0.2) is 0 Å². The van der Waals surface area contributed by atoms with Crippen LogP contribution in [0, 0.1) is 17.8 Å². The van der Waals surface area contributed by atoms with E-state index in [-0.39, 0.29) is 5.41 Å². The third-order valence-electron chi connectivity index (χ3n) is 6.87. The van der Waals surface area contributed by atoms with Crippen molar-refractivity contribution >= 4 is 11.6 Å². The Bertz CT molecular complexity index is 1160. The van der Waals surface area contributed by atoms with Crippen molar-refractivity contribution in [1.29, 1.82) is 0 Å². The smallest absolute Gasteiger partial charge is 0.00903 e. The monoisotopic (exact) mass is 366 g/mol. The molecule has 0 spiro atoms. The standard InChI is InChI=1S/C28H30/c1-18-6-8-19(9-7-18)20-10-11-21-17-28(4,5)26-23-12-13-27(2,3)16-22(23)15-25(26)24(21)14-20/h6-11,14,16-17H,12-13,15H2,1-5H3. The Kier molecular flexibility index (Phi) is 3.69. The van der Waals surface area contributed by atoms with E-state index < -0.39 is 0 Å². The molecule has 0 heteroatoms. The fourth-order valence-electron chi connectivity index (χ4n) is 5.48. The van der Waals surface area contributed by atoms with Gasteiger partial charge in [-0.3, -0.25) is 0 Å². The lowest BCUT2D eigenvalue weighted by atomic mass is 9.73. The van der Waals surface area contributed by atoms with Crippen molar-refractivity contribution in [2.24, 2.45) is 10.8 Å². The lowest BCUT2D eigenvalue weighted by Gasteiger charge is -2.31. The number of hydrogen-bond acceptors (Lipinski definition) is 0. The third-order valence-corrected chi connectivity index (χ3v) is 6.87. The molecule has 0 fully saturated rings. The molecule has 0 aromatic heterocycles. The van der Waals surface area contributed by atoms with Crippen LogP contribution < -0.4 is 10.4 Å². The zero-order chi connectivity index (χ0) is 19.7. The van der Waals surface area contributed by atoms with E-state index in [4.69, 9.17) is 0 Å². The number of allylic oxidation sites excluding steroid dienone is 4. The summed E-state index contributed by atoms with van der Waals surface area (Å²) in [5, 5.41) is 2.85. The molecule has 28 heavy (non-hydrogen) atoms. The molecule has 3 aliphatic carbocycles. The zero-order valence-corrected chi connectivity index (χ0v) is 17.8.